The molecule has 12 heteroatoms. The third-order valence-corrected chi connectivity index (χ3v) is 6.83. The Balaban J connectivity index is 1.83. The molecule has 0 unspecified atom stereocenters. The molecule has 0 spiro atoms. The van der Waals surface area contributed by atoms with Crippen molar-refractivity contribution in [3.05, 3.63) is 56.6 Å². The molecule has 1 N–H and O–H groups in total. The van der Waals surface area contributed by atoms with Crippen LogP contribution in [-0.4, -0.2) is 51.5 Å². The van der Waals surface area contributed by atoms with Crippen LogP contribution in [0.3, 0.4) is 0 Å². The number of carbonyl (C=O) groups excluding carboxylic acids is 1. The highest BCUT2D eigenvalue weighted by Gasteiger charge is 2.37. The Hall–Kier alpha value is -2.86. The molecule has 1 aromatic carbocycles. The number of sulfone groups is 1. The Morgan fingerprint density at radius 3 is 2.50 bits per heavy atom. The van der Waals surface area contributed by atoms with Crippen molar-refractivity contribution in [1.29, 1.82) is 0 Å². The minimum atomic E-state index is -3.72. The lowest BCUT2D eigenvalue weighted by Gasteiger charge is -2.13. The standard InChI is InChI=1S/C22H23BrN4O6S/c1-22(2,3)20-24-21(34(4,31)32)27(25-20)10-12-9-13(23)7-8-14(12)17(28)15-16(19(29)30)26-33-18(15)11-5-6-11/h7-9,11H,5-6,10H2,1-4H3,(H,29,30). The highest BCUT2D eigenvalue weighted by Crippen LogP contribution is 2.43. The minimum absolute atomic E-state index is 0.0417. The number of carboxylic acid groups (broad SMARTS) is 1. The molecule has 1 aliphatic rings. The quantitative estimate of drug-likeness (QED) is 0.436. The van der Waals surface area contributed by atoms with Gasteiger partial charge in [0.2, 0.25) is 20.7 Å². The third-order valence-electron chi connectivity index (χ3n) is 5.37. The van der Waals surface area contributed by atoms with E-state index in [2.05, 4.69) is 31.2 Å². The van der Waals surface area contributed by atoms with Crippen molar-refractivity contribution in [1.82, 2.24) is 19.9 Å². The molecule has 0 atom stereocenters. The molecule has 34 heavy (non-hydrogen) atoms. The second-order valence-electron chi connectivity index (χ2n) is 9.38. The summed E-state index contributed by atoms with van der Waals surface area (Å²) in [6.45, 7) is 5.53. The molecule has 0 aliphatic heterocycles. The van der Waals surface area contributed by atoms with Crippen LogP contribution in [0.2, 0.25) is 0 Å². The summed E-state index contributed by atoms with van der Waals surface area (Å²) in [5, 5.41) is 17.4. The van der Waals surface area contributed by atoms with Gasteiger partial charge in [0, 0.05) is 27.6 Å². The summed E-state index contributed by atoms with van der Waals surface area (Å²) in [7, 11) is -3.72. The number of halogens is 1. The summed E-state index contributed by atoms with van der Waals surface area (Å²) in [5.41, 5.74) is -0.375. The van der Waals surface area contributed by atoms with Crippen LogP contribution in [0.15, 0.2) is 32.4 Å². The van der Waals surface area contributed by atoms with E-state index in [9.17, 15) is 23.1 Å². The van der Waals surface area contributed by atoms with Crippen LogP contribution in [0.4, 0.5) is 0 Å². The van der Waals surface area contributed by atoms with E-state index >= 15 is 0 Å². The maximum absolute atomic E-state index is 13.6. The molecule has 180 valence electrons. The van der Waals surface area contributed by atoms with Crippen LogP contribution in [0.25, 0.3) is 0 Å². The molecular weight excluding hydrogens is 528 g/mol. The first kappa shape index (κ1) is 24.3. The Kier molecular flexibility index (Phi) is 6.01. The van der Waals surface area contributed by atoms with E-state index in [1.807, 2.05) is 20.8 Å². The van der Waals surface area contributed by atoms with Crippen LogP contribution in [0.5, 0.6) is 0 Å². The van der Waals surface area contributed by atoms with Crippen molar-refractivity contribution in [3.63, 3.8) is 0 Å². The summed E-state index contributed by atoms with van der Waals surface area (Å²) in [6.07, 6.45) is 2.62. The van der Waals surface area contributed by atoms with Gasteiger partial charge in [-0.3, -0.25) is 4.79 Å². The minimum Gasteiger partial charge on any atom is -0.476 e. The fourth-order valence-electron chi connectivity index (χ4n) is 3.53. The van der Waals surface area contributed by atoms with E-state index in [-0.39, 0.29) is 34.5 Å². The maximum atomic E-state index is 13.6. The fourth-order valence-corrected chi connectivity index (χ4v) is 4.67. The van der Waals surface area contributed by atoms with Crippen LogP contribution >= 0.6 is 15.9 Å². The Labute approximate surface area is 204 Å². The SMILES string of the molecule is CC(C)(C)c1nc(S(C)(=O)=O)n(Cc2cc(Br)ccc2C(=O)c2c(C(=O)O)noc2C2CC2)n1. The zero-order valence-corrected chi connectivity index (χ0v) is 21.4. The molecule has 10 nitrogen and oxygen atoms in total. The summed E-state index contributed by atoms with van der Waals surface area (Å²) in [4.78, 5) is 29.6. The van der Waals surface area contributed by atoms with Crippen molar-refractivity contribution >= 4 is 37.5 Å². The normalized spacial score (nSPS) is 14.4. The van der Waals surface area contributed by atoms with Crippen molar-refractivity contribution in [3.8, 4) is 0 Å². The number of carbonyl (C=O) groups is 2. The first-order valence-electron chi connectivity index (χ1n) is 10.5. The molecule has 4 rings (SSSR count). The zero-order valence-electron chi connectivity index (χ0n) is 19.0. The number of ketones is 1. The number of hydrogen-bond acceptors (Lipinski definition) is 8. The average molecular weight is 551 g/mol. The molecule has 1 fully saturated rings. The van der Waals surface area contributed by atoms with Gasteiger partial charge in [-0.2, -0.15) is 5.10 Å². The maximum Gasteiger partial charge on any atom is 0.358 e. The predicted octanol–water partition coefficient (Wildman–Crippen LogP) is 3.58. The average Bonchev–Trinajstić information content (AvgIpc) is 3.29. The number of aromatic nitrogens is 4. The van der Waals surface area contributed by atoms with Crippen molar-refractivity contribution < 1.29 is 27.6 Å². The largest absolute Gasteiger partial charge is 0.476 e. The van der Waals surface area contributed by atoms with Gasteiger partial charge < -0.3 is 9.63 Å². The van der Waals surface area contributed by atoms with E-state index < -0.39 is 32.7 Å². The summed E-state index contributed by atoms with van der Waals surface area (Å²) >= 11 is 3.39. The van der Waals surface area contributed by atoms with Gasteiger partial charge in [0.1, 0.15) is 5.56 Å². The molecule has 0 saturated heterocycles. The molecule has 0 radical (unpaired) electrons. The predicted molar refractivity (Wildman–Crippen MR) is 124 cm³/mol. The first-order valence-corrected chi connectivity index (χ1v) is 13.2. The van der Waals surface area contributed by atoms with Crippen LogP contribution in [-0.2, 0) is 21.8 Å². The monoisotopic (exact) mass is 550 g/mol. The van der Waals surface area contributed by atoms with E-state index in [1.54, 1.807) is 18.2 Å². The lowest BCUT2D eigenvalue weighted by Crippen LogP contribution is -2.17. The van der Waals surface area contributed by atoms with Crippen LogP contribution < -0.4 is 0 Å². The van der Waals surface area contributed by atoms with E-state index in [0.717, 1.165) is 19.1 Å². The lowest BCUT2D eigenvalue weighted by atomic mass is 9.95. The molecule has 2 aromatic heterocycles. The molecule has 2 heterocycles. The Morgan fingerprint density at radius 2 is 1.94 bits per heavy atom. The second-order valence-corrected chi connectivity index (χ2v) is 12.2. The number of nitrogens with zero attached hydrogens (tertiary/aromatic N) is 4. The van der Waals surface area contributed by atoms with Crippen LogP contribution in [0.1, 0.15) is 83.1 Å². The first-order chi connectivity index (χ1) is 15.8. The van der Waals surface area contributed by atoms with Gasteiger partial charge in [-0.25, -0.2) is 22.9 Å². The van der Waals surface area contributed by atoms with Gasteiger partial charge in [-0.15, -0.1) is 0 Å². The molecule has 0 amide bonds. The fraction of sp³-hybridized carbons (Fsp3) is 0.409. The molecule has 1 aliphatic carbocycles. The second kappa shape index (κ2) is 8.42. The topological polar surface area (TPSA) is 145 Å². The van der Waals surface area contributed by atoms with Gasteiger partial charge >= 0.3 is 5.97 Å². The van der Waals surface area contributed by atoms with Gasteiger partial charge in [0.15, 0.2) is 17.4 Å². The van der Waals surface area contributed by atoms with E-state index in [0.29, 0.717) is 15.9 Å². The molecule has 3 aromatic rings. The highest BCUT2D eigenvalue weighted by molar-refractivity contribution is 9.10. The number of rotatable bonds is 7. The van der Waals surface area contributed by atoms with Crippen molar-refractivity contribution in [2.45, 2.75) is 56.6 Å². The molecule has 1 saturated carbocycles. The highest BCUT2D eigenvalue weighted by atomic mass is 79.9. The third kappa shape index (κ3) is 4.69. The van der Waals surface area contributed by atoms with E-state index in [1.165, 1.54) is 4.68 Å². The van der Waals surface area contributed by atoms with Crippen molar-refractivity contribution in [2.24, 2.45) is 0 Å². The summed E-state index contributed by atoms with van der Waals surface area (Å²) < 4.78 is 32.0. The molecular formula is C22H23BrN4O6S. The zero-order chi connectivity index (χ0) is 25.0. The number of carboxylic acids is 1. The smallest absolute Gasteiger partial charge is 0.358 e. The number of benzene rings is 1. The van der Waals surface area contributed by atoms with E-state index in [4.69, 9.17) is 4.52 Å². The van der Waals surface area contributed by atoms with Crippen molar-refractivity contribution in [2.75, 3.05) is 6.26 Å². The molecule has 0 bridgehead atoms. The summed E-state index contributed by atoms with van der Waals surface area (Å²) in [6, 6.07) is 4.88. The Morgan fingerprint density at radius 1 is 1.26 bits per heavy atom. The summed E-state index contributed by atoms with van der Waals surface area (Å²) in [5.74, 6) is -1.34. The number of hydrogen-bond donors (Lipinski definition) is 1. The Bertz CT molecular complexity index is 1410. The van der Waals surface area contributed by atoms with Gasteiger partial charge in [-0.1, -0.05) is 41.9 Å². The lowest BCUT2D eigenvalue weighted by molar-refractivity contribution is 0.0682. The van der Waals surface area contributed by atoms with Gasteiger partial charge in [0.25, 0.3) is 0 Å². The van der Waals surface area contributed by atoms with Gasteiger partial charge in [0.05, 0.1) is 6.54 Å². The number of aromatic carboxylic acids is 1. The van der Waals surface area contributed by atoms with Gasteiger partial charge in [-0.05, 0) is 36.6 Å². The van der Waals surface area contributed by atoms with Crippen LogP contribution in [0, 0.1) is 0 Å².